The Morgan fingerprint density at radius 1 is 1.60 bits per heavy atom. The minimum absolute atomic E-state index is 0.111. The molecule has 0 atom stereocenters. The Bertz CT molecular complexity index is 311. The summed E-state index contributed by atoms with van der Waals surface area (Å²) >= 11 is 1.36. The van der Waals surface area contributed by atoms with Gasteiger partial charge < -0.3 is 15.2 Å². The highest BCUT2D eigenvalue weighted by Crippen LogP contribution is 2.23. The molecule has 5 heteroatoms. The third kappa shape index (κ3) is 3.53. The van der Waals surface area contributed by atoms with Crippen molar-refractivity contribution in [3.05, 3.63) is 16.3 Å². The molecule has 1 amide bonds. The quantitative estimate of drug-likeness (QED) is 0.722. The van der Waals surface area contributed by atoms with Crippen molar-refractivity contribution >= 4 is 17.2 Å². The third-order valence-electron chi connectivity index (χ3n) is 1.93. The topological polar surface area (TPSA) is 58.6 Å². The molecule has 0 fully saturated rings. The molecule has 1 rings (SSSR count). The molecule has 0 aromatic carbocycles. The van der Waals surface area contributed by atoms with Gasteiger partial charge in [0.25, 0.3) is 5.91 Å². The minimum Gasteiger partial charge on any atom is -0.495 e. The second-order valence-corrected chi connectivity index (χ2v) is 3.92. The Morgan fingerprint density at radius 2 is 2.40 bits per heavy atom. The number of unbranched alkanes of at least 4 members (excludes halogenated alkanes) is 1. The predicted octanol–water partition coefficient (Wildman–Crippen LogP) is 1.26. The van der Waals surface area contributed by atoms with Crippen molar-refractivity contribution < 1.29 is 14.6 Å². The van der Waals surface area contributed by atoms with E-state index in [1.807, 2.05) is 5.38 Å². The lowest BCUT2D eigenvalue weighted by molar-refractivity contribution is 0.0953. The Labute approximate surface area is 92.9 Å². The molecule has 0 aliphatic heterocycles. The summed E-state index contributed by atoms with van der Waals surface area (Å²) < 4.78 is 5.04. The standard InChI is InChI=1S/C10H15NO3S/c1-14-8-4-7-15-9(8)10(13)11-5-2-3-6-12/h4,7,12H,2-3,5-6H2,1H3,(H,11,13). The highest BCUT2D eigenvalue weighted by Gasteiger charge is 2.12. The average molecular weight is 229 g/mol. The van der Waals surface area contributed by atoms with Crippen LogP contribution in [-0.2, 0) is 0 Å². The number of thiophene rings is 1. The van der Waals surface area contributed by atoms with Crippen molar-refractivity contribution in [1.29, 1.82) is 0 Å². The smallest absolute Gasteiger partial charge is 0.265 e. The van der Waals surface area contributed by atoms with Crippen molar-refractivity contribution in [2.45, 2.75) is 12.8 Å². The van der Waals surface area contributed by atoms with E-state index >= 15 is 0 Å². The van der Waals surface area contributed by atoms with Crippen LogP contribution in [0, 0.1) is 0 Å². The van der Waals surface area contributed by atoms with Gasteiger partial charge in [-0.3, -0.25) is 4.79 Å². The molecule has 15 heavy (non-hydrogen) atoms. The number of aliphatic hydroxyl groups excluding tert-OH is 1. The Kier molecular flexibility index (Phi) is 5.14. The molecule has 0 saturated heterocycles. The number of ether oxygens (including phenoxy) is 1. The number of nitrogens with one attached hydrogen (secondary N) is 1. The molecule has 84 valence electrons. The molecule has 1 aromatic heterocycles. The first-order valence-corrected chi connectivity index (χ1v) is 5.68. The van der Waals surface area contributed by atoms with E-state index in [1.165, 1.54) is 11.3 Å². The number of rotatable bonds is 6. The molecule has 0 aliphatic carbocycles. The largest absolute Gasteiger partial charge is 0.495 e. The second-order valence-electron chi connectivity index (χ2n) is 3.00. The molecule has 1 heterocycles. The van der Waals surface area contributed by atoms with E-state index in [0.29, 0.717) is 23.6 Å². The summed E-state index contributed by atoms with van der Waals surface area (Å²) in [7, 11) is 1.55. The van der Waals surface area contributed by atoms with Crippen LogP contribution < -0.4 is 10.1 Å². The van der Waals surface area contributed by atoms with Gasteiger partial charge in [-0.2, -0.15) is 0 Å². The summed E-state index contributed by atoms with van der Waals surface area (Å²) in [5.41, 5.74) is 0. The number of aliphatic hydroxyl groups is 1. The summed E-state index contributed by atoms with van der Waals surface area (Å²) in [6.45, 7) is 0.749. The van der Waals surface area contributed by atoms with Gasteiger partial charge in [0.05, 0.1) is 7.11 Å². The fourth-order valence-electron chi connectivity index (χ4n) is 1.14. The van der Waals surface area contributed by atoms with Crippen LogP contribution in [0.1, 0.15) is 22.5 Å². The first-order valence-electron chi connectivity index (χ1n) is 4.80. The van der Waals surface area contributed by atoms with Crippen LogP contribution in [0.4, 0.5) is 0 Å². The molecule has 0 saturated carbocycles. The van der Waals surface area contributed by atoms with Crippen LogP contribution in [0.25, 0.3) is 0 Å². The van der Waals surface area contributed by atoms with Crippen molar-refractivity contribution in [3.63, 3.8) is 0 Å². The lowest BCUT2D eigenvalue weighted by atomic mass is 10.3. The maximum atomic E-state index is 11.6. The Balaban J connectivity index is 2.40. The first kappa shape index (κ1) is 12.0. The van der Waals surface area contributed by atoms with Gasteiger partial charge in [0.15, 0.2) is 0 Å². The van der Waals surface area contributed by atoms with Gasteiger partial charge in [0, 0.05) is 13.2 Å². The van der Waals surface area contributed by atoms with Crippen LogP contribution in [0.2, 0.25) is 0 Å². The molecular weight excluding hydrogens is 214 g/mol. The maximum Gasteiger partial charge on any atom is 0.265 e. The third-order valence-corrected chi connectivity index (χ3v) is 2.82. The maximum absolute atomic E-state index is 11.6. The van der Waals surface area contributed by atoms with Crippen LogP contribution in [-0.4, -0.2) is 31.3 Å². The summed E-state index contributed by atoms with van der Waals surface area (Å²) in [5.74, 6) is 0.499. The zero-order valence-corrected chi connectivity index (χ0v) is 9.47. The number of carbonyl (C=O) groups excluding carboxylic acids is 1. The molecule has 0 radical (unpaired) electrons. The van der Waals surface area contributed by atoms with E-state index in [9.17, 15) is 4.79 Å². The monoisotopic (exact) mass is 229 g/mol. The predicted molar refractivity (Wildman–Crippen MR) is 59.5 cm³/mol. The lowest BCUT2D eigenvalue weighted by Crippen LogP contribution is -2.24. The average Bonchev–Trinajstić information content (AvgIpc) is 2.72. The zero-order chi connectivity index (χ0) is 11.1. The summed E-state index contributed by atoms with van der Waals surface area (Å²) in [4.78, 5) is 12.2. The highest BCUT2D eigenvalue weighted by molar-refractivity contribution is 7.12. The van der Waals surface area contributed by atoms with E-state index in [-0.39, 0.29) is 12.5 Å². The van der Waals surface area contributed by atoms with Crippen molar-refractivity contribution in [3.8, 4) is 5.75 Å². The molecule has 1 aromatic rings. The SMILES string of the molecule is COc1ccsc1C(=O)NCCCCO. The normalized spacial score (nSPS) is 10.0. The second kappa shape index (κ2) is 6.42. The fraction of sp³-hybridized carbons (Fsp3) is 0.500. The van der Waals surface area contributed by atoms with E-state index in [4.69, 9.17) is 9.84 Å². The number of methoxy groups -OCH3 is 1. The van der Waals surface area contributed by atoms with Crippen molar-refractivity contribution in [1.82, 2.24) is 5.32 Å². The molecule has 4 nitrogen and oxygen atoms in total. The molecule has 2 N–H and O–H groups in total. The number of hydrogen-bond donors (Lipinski definition) is 2. The van der Waals surface area contributed by atoms with E-state index < -0.39 is 0 Å². The van der Waals surface area contributed by atoms with Crippen LogP contribution in [0.3, 0.4) is 0 Å². The van der Waals surface area contributed by atoms with Crippen LogP contribution >= 0.6 is 11.3 Å². The van der Waals surface area contributed by atoms with Gasteiger partial charge >= 0.3 is 0 Å². The summed E-state index contributed by atoms with van der Waals surface area (Å²) in [5, 5.41) is 13.2. The zero-order valence-electron chi connectivity index (χ0n) is 8.66. The van der Waals surface area contributed by atoms with Gasteiger partial charge in [0.2, 0.25) is 0 Å². The van der Waals surface area contributed by atoms with E-state index in [1.54, 1.807) is 13.2 Å². The van der Waals surface area contributed by atoms with Gasteiger partial charge in [-0.05, 0) is 24.3 Å². The minimum atomic E-state index is -0.111. The summed E-state index contributed by atoms with van der Waals surface area (Å²) in [6.07, 6.45) is 1.50. The molecule has 0 spiro atoms. The molecular formula is C10H15NO3S. The number of carbonyl (C=O) groups is 1. The molecule has 0 bridgehead atoms. The number of hydrogen-bond acceptors (Lipinski definition) is 4. The summed E-state index contributed by atoms with van der Waals surface area (Å²) in [6, 6.07) is 1.77. The Morgan fingerprint density at radius 3 is 3.07 bits per heavy atom. The van der Waals surface area contributed by atoms with Crippen LogP contribution in [0.5, 0.6) is 5.75 Å². The Hall–Kier alpha value is -1.07. The highest BCUT2D eigenvalue weighted by atomic mass is 32.1. The fourth-order valence-corrected chi connectivity index (χ4v) is 1.92. The molecule has 0 aliphatic rings. The van der Waals surface area contributed by atoms with Crippen LogP contribution in [0.15, 0.2) is 11.4 Å². The van der Waals surface area contributed by atoms with Crippen molar-refractivity contribution in [2.75, 3.05) is 20.3 Å². The van der Waals surface area contributed by atoms with Gasteiger partial charge in [-0.25, -0.2) is 0 Å². The van der Waals surface area contributed by atoms with Crippen molar-refractivity contribution in [2.24, 2.45) is 0 Å². The van der Waals surface area contributed by atoms with E-state index in [0.717, 1.165) is 6.42 Å². The van der Waals surface area contributed by atoms with Gasteiger partial charge in [-0.1, -0.05) is 0 Å². The number of amides is 1. The lowest BCUT2D eigenvalue weighted by Gasteiger charge is -2.04. The van der Waals surface area contributed by atoms with Gasteiger partial charge in [-0.15, -0.1) is 11.3 Å². The first-order chi connectivity index (χ1) is 7.29. The van der Waals surface area contributed by atoms with E-state index in [2.05, 4.69) is 5.32 Å². The van der Waals surface area contributed by atoms with Gasteiger partial charge in [0.1, 0.15) is 10.6 Å². The molecule has 0 unspecified atom stereocenters.